The normalized spacial score (nSPS) is 23.2. The second-order valence-electron chi connectivity index (χ2n) is 11.7. The highest BCUT2D eigenvalue weighted by Crippen LogP contribution is 2.42. The van der Waals surface area contributed by atoms with E-state index in [2.05, 4.69) is 85.1 Å². The molecule has 3 aliphatic rings. The van der Waals surface area contributed by atoms with Crippen LogP contribution in [0.5, 0.6) is 5.75 Å². The van der Waals surface area contributed by atoms with E-state index in [0.29, 0.717) is 23.7 Å². The number of methoxy groups -OCH3 is 1. The number of carbonyl (C=O) groups excluding carboxylic acids is 1. The first-order chi connectivity index (χ1) is 18.8. The Kier molecular flexibility index (Phi) is 7.94. The number of ether oxygens (including phenoxy) is 1. The second-order valence-corrected chi connectivity index (χ2v) is 11.7. The van der Waals surface area contributed by atoms with Crippen LogP contribution >= 0.6 is 0 Å². The predicted molar refractivity (Wildman–Crippen MR) is 160 cm³/mol. The van der Waals surface area contributed by atoms with Crippen molar-refractivity contribution in [2.75, 3.05) is 25.5 Å². The Labute approximate surface area is 232 Å². The number of aromatic nitrogens is 1. The number of anilines is 1. The van der Waals surface area contributed by atoms with Gasteiger partial charge in [-0.3, -0.25) is 9.88 Å². The number of benzene rings is 2. The van der Waals surface area contributed by atoms with Gasteiger partial charge in [-0.1, -0.05) is 52.0 Å². The van der Waals surface area contributed by atoms with Gasteiger partial charge in [0, 0.05) is 29.9 Å². The number of nitrogens with one attached hydrogen (secondary N) is 2. The van der Waals surface area contributed by atoms with Crippen molar-refractivity contribution in [2.45, 2.75) is 64.5 Å². The smallest absolute Gasteiger partial charge is 0.319 e. The number of amides is 2. The van der Waals surface area contributed by atoms with Crippen LogP contribution in [0.3, 0.4) is 0 Å². The van der Waals surface area contributed by atoms with Gasteiger partial charge in [0.05, 0.1) is 18.7 Å². The Morgan fingerprint density at radius 1 is 1.10 bits per heavy atom. The van der Waals surface area contributed by atoms with Gasteiger partial charge >= 0.3 is 6.03 Å². The molecule has 0 saturated carbocycles. The minimum absolute atomic E-state index is 0.175. The zero-order valence-corrected chi connectivity index (χ0v) is 23.9. The number of piperidine rings is 3. The SMILES string of the molecule is C=C[C@H]1CN2CC[C@H]1C[C@H]2[C@H](NC(=O)Nc1c(C(C)C)cccc1C(C)C)c1ccnc2ccc(OC)cc12. The lowest BCUT2D eigenvalue weighted by molar-refractivity contribution is 0.00340. The van der Waals surface area contributed by atoms with Gasteiger partial charge in [-0.05, 0) is 84.0 Å². The van der Waals surface area contributed by atoms with Gasteiger partial charge in [0.25, 0.3) is 0 Å². The predicted octanol–water partition coefficient (Wildman–Crippen LogP) is 7.25. The van der Waals surface area contributed by atoms with Crippen molar-refractivity contribution in [1.82, 2.24) is 15.2 Å². The van der Waals surface area contributed by atoms with Gasteiger partial charge in [0.15, 0.2) is 0 Å². The summed E-state index contributed by atoms with van der Waals surface area (Å²) in [6.45, 7) is 14.8. The van der Waals surface area contributed by atoms with Gasteiger partial charge in [0.1, 0.15) is 5.75 Å². The average molecular weight is 527 g/mol. The number of fused-ring (bicyclic) bond motifs is 4. The molecule has 2 aromatic carbocycles. The molecule has 0 aliphatic carbocycles. The minimum atomic E-state index is -0.204. The van der Waals surface area contributed by atoms with Crippen molar-refractivity contribution in [3.8, 4) is 5.75 Å². The maximum absolute atomic E-state index is 13.9. The first-order valence-corrected chi connectivity index (χ1v) is 14.3. The lowest BCUT2D eigenvalue weighted by Crippen LogP contribution is -2.57. The van der Waals surface area contributed by atoms with E-state index in [-0.39, 0.29) is 18.1 Å². The summed E-state index contributed by atoms with van der Waals surface area (Å²) in [7, 11) is 1.68. The molecule has 5 atom stereocenters. The van der Waals surface area contributed by atoms with Crippen molar-refractivity contribution in [3.05, 3.63) is 78.0 Å². The summed E-state index contributed by atoms with van der Waals surface area (Å²) in [5, 5.41) is 7.75. The molecule has 2 bridgehead atoms. The monoisotopic (exact) mass is 526 g/mol. The zero-order chi connectivity index (χ0) is 27.7. The molecule has 1 aromatic heterocycles. The fourth-order valence-electron chi connectivity index (χ4n) is 6.64. The van der Waals surface area contributed by atoms with E-state index in [0.717, 1.165) is 58.5 Å². The van der Waals surface area contributed by atoms with Gasteiger partial charge < -0.3 is 15.4 Å². The Bertz CT molecular complexity index is 1320. The Morgan fingerprint density at radius 3 is 2.46 bits per heavy atom. The van der Waals surface area contributed by atoms with Gasteiger partial charge in [0.2, 0.25) is 0 Å². The number of para-hydroxylation sites is 1. The Balaban J connectivity index is 1.54. The van der Waals surface area contributed by atoms with Crippen LogP contribution in [0.25, 0.3) is 10.9 Å². The molecule has 6 nitrogen and oxygen atoms in total. The van der Waals surface area contributed by atoms with Crippen LogP contribution in [0, 0.1) is 11.8 Å². The first kappa shape index (κ1) is 27.2. The van der Waals surface area contributed by atoms with Crippen molar-refractivity contribution >= 4 is 22.6 Å². The van der Waals surface area contributed by atoms with Crippen LogP contribution in [0.4, 0.5) is 10.5 Å². The summed E-state index contributed by atoms with van der Waals surface area (Å²) in [4.78, 5) is 21.0. The summed E-state index contributed by atoms with van der Waals surface area (Å²) in [5.74, 6) is 2.46. The Hall–Kier alpha value is -3.38. The summed E-state index contributed by atoms with van der Waals surface area (Å²) >= 11 is 0. The fraction of sp³-hybridized carbons (Fsp3) is 0.455. The third-order valence-corrected chi connectivity index (χ3v) is 8.75. The van der Waals surface area contributed by atoms with Crippen molar-refractivity contribution in [1.29, 1.82) is 0 Å². The summed E-state index contributed by atoms with van der Waals surface area (Å²) in [5.41, 5.74) is 5.20. The second kappa shape index (κ2) is 11.4. The number of nitrogens with zero attached hydrogens (tertiary/aromatic N) is 2. The van der Waals surface area contributed by atoms with Gasteiger partial charge in [-0.15, -0.1) is 6.58 Å². The molecule has 4 heterocycles. The molecule has 39 heavy (non-hydrogen) atoms. The standard InChI is InChI=1S/C33H42N4O2/c1-7-22-19-37-16-14-23(22)17-30(37)32(27-13-15-34-29-12-11-24(39-6)18-28(27)29)36-33(38)35-31-25(20(2)3)9-8-10-26(31)21(4)5/h7-13,15,18,20-23,30,32H,1,14,16-17,19H2,2-6H3,(H2,35,36,38)/t22-,23-,30-,32+/m0/s1. The number of rotatable bonds is 8. The molecule has 2 N–H and O–H groups in total. The molecule has 6 heteroatoms. The molecule has 3 aromatic rings. The van der Waals surface area contributed by atoms with Gasteiger partial charge in [-0.2, -0.15) is 0 Å². The summed E-state index contributed by atoms with van der Waals surface area (Å²) in [6, 6.07) is 14.2. The third kappa shape index (κ3) is 5.40. The number of hydrogen-bond donors (Lipinski definition) is 2. The molecule has 206 valence electrons. The van der Waals surface area contributed by atoms with Crippen LogP contribution in [0.1, 0.15) is 75.1 Å². The molecule has 1 unspecified atom stereocenters. The maximum Gasteiger partial charge on any atom is 0.319 e. The van der Waals surface area contributed by atoms with Crippen LogP contribution in [0.2, 0.25) is 0 Å². The molecule has 3 fully saturated rings. The molecular formula is C33H42N4O2. The topological polar surface area (TPSA) is 66.5 Å². The summed E-state index contributed by atoms with van der Waals surface area (Å²) in [6.07, 6.45) is 6.17. The number of carbonyl (C=O) groups is 1. The van der Waals surface area contributed by atoms with Gasteiger partial charge in [-0.25, -0.2) is 4.79 Å². The van der Waals surface area contributed by atoms with E-state index in [1.807, 2.05) is 24.4 Å². The lowest BCUT2D eigenvalue weighted by Gasteiger charge is -2.51. The zero-order valence-electron chi connectivity index (χ0n) is 23.9. The molecule has 0 radical (unpaired) electrons. The van der Waals surface area contributed by atoms with E-state index in [4.69, 9.17) is 4.74 Å². The highest BCUT2D eigenvalue weighted by atomic mass is 16.5. The van der Waals surface area contributed by atoms with E-state index < -0.39 is 0 Å². The molecule has 2 amide bonds. The van der Waals surface area contributed by atoms with Crippen LogP contribution in [0.15, 0.2) is 61.3 Å². The number of urea groups is 1. The number of pyridine rings is 1. The first-order valence-electron chi connectivity index (χ1n) is 14.3. The molecule has 3 saturated heterocycles. The summed E-state index contributed by atoms with van der Waals surface area (Å²) < 4.78 is 5.56. The number of hydrogen-bond acceptors (Lipinski definition) is 4. The minimum Gasteiger partial charge on any atom is -0.497 e. The van der Waals surface area contributed by atoms with Crippen molar-refractivity contribution in [2.24, 2.45) is 11.8 Å². The van der Waals surface area contributed by atoms with Crippen LogP contribution < -0.4 is 15.4 Å². The largest absolute Gasteiger partial charge is 0.497 e. The fourth-order valence-corrected chi connectivity index (χ4v) is 6.64. The molecule has 3 aliphatic heterocycles. The van der Waals surface area contributed by atoms with E-state index in [1.165, 1.54) is 6.42 Å². The Morgan fingerprint density at radius 2 is 1.85 bits per heavy atom. The van der Waals surface area contributed by atoms with Crippen molar-refractivity contribution in [3.63, 3.8) is 0 Å². The van der Waals surface area contributed by atoms with Crippen molar-refractivity contribution < 1.29 is 9.53 Å². The van der Waals surface area contributed by atoms with Crippen LogP contribution in [-0.2, 0) is 0 Å². The highest BCUT2D eigenvalue weighted by Gasteiger charge is 2.43. The van der Waals surface area contributed by atoms with E-state index >= 15 is 0 Å². The lowest BCUT2D eigenvalue weighted by atomic mass is 9.73. The molecule has 0 spiro atoms. The molecular weight excluding hydrogens is 484 g/mol. The average Bonchev–Trinajstić information content (AvgIpc) is 2.95. The molecule has 6 rings (SSSR count). The quantitative estimate of drug-likeness (QED) is 0.303. The van der Waals surface area contributed by atoms with Crippen LogP contribution in [-0.4, -0.2) is 42.2 Å². The highest BCUT2D eigenvalue weighted by molar-refractivity contribution is 5.92. The third-order valence-electron chi connectivity index (χ3n) is 8.75. The van der Waals surface area contributed by atoms with E-state index in [9.17, 15) is 4.79 Å². The maximum atomic E-state index is 13.9. The van der Waals surface area contributed by atoms with E-state index in [1.54, 1.807) is 7.11 Å².